The number of hydrogen-bond acceptors (Lipinski definition) is 2. The molecular formula is C4H8F2O3S. The maximum absolute atomic E-state index is 11.9. The summed E-state index contributed by atoms with van der Waals surface area (Å²) in [6, 6.07) is 0. The van der Waals surface area contributed by atoms with Crippen LogP contribution in [0, 0.1) is 0 Å². The summed E-state index contributed by atoms with van der Waals surface area (Å²) in [6.45, 7) is 0.595. The normalized spacial score (nSPS) is 13.6. The molecule has 0 aromatic heterocycles. The first-order chi connectivity index (χ1) is 4.21. The second kappa shape index (κ2) is 2.79. The fraction of sp³-hybridized carbons (Fsp3) is 1.00. The van der Waals surface area contributed by atoms with E-state index in [1.54, 1.807) is 0 Å². The summed E-state index contributed by atoms with van der Waals surface area (Å²) in [5.41, 5.74) is 0. The van der Waals surface area contributed by atoms with Crippen LogP contribution in [0.1, 0.15) is 13.3 Å². The summed E-state index contributed by atoms with van der Waals surface area (Å²) in [5.74, 6) is -3.92. The molecule has 0 aliphatic carbocycles. The van der Waals surface area contributed by atoms with Crippen LogP contribution >= 0.6 is 0 Å². The van der Waals surface area contributed by atoms with E-state index in [0.29, 0.717) is 6.92 Å². The largest absolute Gasteiger partial charge is 0.286 e. The van der Waals surface area contributed by atoms with Crippen LogP contribution in [0.4, 0.5) is 8.78 Å². The lowest BCUT2D eigenvalue weighted by atomic mass is 10.3. The van der Waals surface area contributed by atoms with E-state index in [4.69, 9.17) is 4.55 Å². The van der Waals surface area contributed by atoms with Gasteiger partial charge in [0.05, 0.1) is 5.75 Å². The minimum atomic E-state index is -4.24. The molecule has 0 fully saturated rings. The molecule has 1 N–H and O–H groups in total. The van der Waals surface area contributed by atoms with Crippen molar-refractivity contribution in [3.05, 3.63) is 0 Å². The van der Waals surface area contributed by atoms with Crippen LogP contribution in [0.25, 0.3) is 0 Å². The van der Waals surface area contributed by atoms with Gasteiger partial charge in [-0.25, -0.2) is 8.78 Å². The minimum absolute atomic E-state index is 0.595. The van der Waals surface area contributed by atoms with Gasteiger partial charge in [-0.15, -0.1) is 0 Å². The van der Waals surface area contributed by atoms with Crippen LogP contribution in [0.3, 0.4) is 0 Å². The topological polar surface area (TPSA) is 54.4 Å². The Morgan fingerprint density at radius 3 is 2.00 bits per heavy atom. The average molecular weight is 174 g/mol. The fourth-order valence-electron chi connectivity index (χ4n) is 0.308. The minimum Gasteiger partial charge on any atom is -0.286 e. The van der Waals surface area contributed by atoms with Crippen LogP contribution in [0.15, 0.2) is 0 Å². The van der Waals surface area contributed by atoms with Crippen molar-refractivity contribution in [3.8, 4) is 0 Å². The van der Waals surface area contributed by atoms with Gasteiger partial charge < -0.3 is 0 Å². The predicted octanol–water partition coefficient (Wildman–Crippen LogP) is 0.920. The van der Waals surface area contributed by atoms with Crippen molar-refractivity contribution < 1.29 is 21.8 Å². The average Bonchev–Trinajstić information content (AvgIpc) is 1.57. The van der Waals surface area contributed by atoms with Gasteiger partial charge in [0.25, 0.3) is 10.1 Å². The number of rotatable bonds is 3. The van der Waals surface area contributed by atoms with Crippen molar-refractivity contribution in [2.24, 2.45) is 0 Å². The molecule has 0 aromatic rings. The zero-order chi connectivity index (χ0) is 8.41. The van der Waals surface area contributed by atoms with Gasteiger partial charge in [-0.05, 0) is 6.92 Å². The van der Waals surface area contributed by atoms with Gasteiger partial charge in [-0.2, -0.15) is 8.42 Å². The number of alkyl halides is 2. The third kappa shape index (κ3) is 7.77. The predicted molar refractivity (Wildman–Crippen MR) is 31.7 cm³/mol. The molecule has 0 rings (SSSR count). The maximum atomic E-state index is 11.9. The number of halogens is 2. The Bertz CT molecular complexity index is 191. The van der Waals surface area contributed by atoms with E-state index in [1.165, 1.54) is 0 Å². The Morgan fingerprint density at radius 2 is 1.90 bits per heavy atom. The first kappa shape index (κ1) is 9.77. The van der Waals surface area contributed by atoms with Crippen molar-refractivity contribution in [3.63, 3.8) is 0 Å². The van der Waals surface area contributed by atoms with Crippen molar-refractivity contribution >= 4 is 10.1 Å². The first-order valence-corrected chi connectivity index (χ1v) is 4.15. The summed E-state index contributed by atoms with van der Waals surface area (Å²) in [6.07, 6.45) is -0.841. The third-order valence-electron chi connectivity index (χ3n) is 0.799. The van der Waals surface area contributed by atoms with Gasteiger partial charge in [-0.3, -0.25) is 4.55 Å². The van der Waals surface area contributed by atoms with Gasteiger partial charge in [0.2, 0.25) is 5.92 Å². The zero-order valence-electron chi connectivity index (χ0n) is 5.34. The van der Waals surface area contributed by atoms with Crippen molar-refractivity contribution in [1.29, 1.82) is 0 Å². The van der Waals surface area contributed by atoms with E-state index in [1.807, 2.05) is 0 Å². The Morgan fingerprint density at radius 1 is 1.50 bits per heavy atom. The molecule has 0 aliphatic heterocycles. The summed E-state index contributed by atoms with van der Waals surface area (Å²) >= 11 is 0. The summed E-state index contributed by atoms with van der Waals surface area (Å²) in [7, 11) is -4.24. The summed E-state index contributed by atoms with van der Waals surface area (Å²) in [4.78, 5) is 0. The molecule has 0 spiro atoms. The van der Waals surface area contributed by atoms with Crippen molar-refractivity contribution in [1.82, 2.24) is 0 Å². The molecule has 0 saturated carbocycles. The maximum Gasteiger partial charge on any atom is 0.265 e. The Hall–Kier alpha value is -0.230. The van der Waals surface area contributed by atoms with Crippen LogP contribution < -0.4 is 0 Å². The summed E-state index contributed by atoms with van der Waals surface area (Å²) < 4.78 is 51.6. The van der Waals surface area contributed by atoms with Gasteiger partial charge in [-0.1, -0.05) is 0 Å². The summed E-state index contributed by atoms with van der Waals surface area (Å²) in [5, 5.41) is 0. The molecular weight excluding hydrogens is 166 g/mol. The smallest absolute Gasteiger partial charge is 0.265 e. The van der Waals surface area contributed by atoms with Gasteiger partial charge in [0.1, 0.15) is 0 Å². The molecule has 0 atom stereocenters. The highest BCUT2D eigenvalue weighted by Crippen LogP contribution is 2.16. The monoisotopic (exact) mass is 174 g/mol. The molecule has 0 heterocycles. The second-order valence-corrected chi connectivity index (χ2v) is 3.68. The lowest BCUT2D eigenvalue weighted by Gasteiger charge is -2.06. The molecule has 0 radical (unpaired) electrons. The van der Waals surface area contributed by atoms with Crippen molar-refractivity contribution in [2.45, 2.75) is 19.3 Å². The molecule has 0 amide bonds. The van der Waals surface area contributed by atoms with E-state index in [0.717, 1.165) is 0 Å². The highest BCUT2D eigenvalue weighted by Gasteiger charge is 2.23. The van der Waals surface area contributed by atoms with Crippen LogP contribution in [-0.4, -0.2) is 24.6 Å². The standard InChI is InChI=1S/C4H8F2O3S/c1-4(5,6)2-3-10(7,8)9/h2-3H2,1H3,(H,7,8,9). The van der Waals surface area contributed by atoms with E-state index in [-0.39, 0.29) is 0 Å². The molecule has 0 bridgehead atoms. The van der Waals surface area contributed by atoms with E-state index >= 15 is 0 Å². The van der Waals surface area contributed by atoms with Crippen LogP contribution in [0.2, 0.25) is 0 Å². The molecule has 0 unspecified atom stereocenters. The highest BCUT2D eigenvalue weighted by molar-refractivity contribution is 7.85. The Labute approximate surface area is 57.8 Å². The third-order valence-corrected chi connectivity index (χ3v) is 1.52. The number of hydrogen-bond donors (Lipinski definition) is 1. The van der Waals surface area contributed by atoms with E-state index in [9.17, 15) is 17.2 Å². The highest BCUT2D eigenvalue weighted by atomic mass is 32.2. The zero-order valence-corrected chi connectivity index (χ0v) is 6.16. The fourth-order valence-corrected chi connectivity index (χ4v) is 0.925. The van der Waals surface area contributed by atoms with E-state index in [2.05, 4.69) is 0 Å². The SMILES string of the molecule is CC(F)(F)CCS(=O)(=O)O. The van der Waals surface area contributed by atoms with E-state index < -0.39 is 28.2 Å². The molecule has 0 aromatic carbocycles. The van der Waals surface area contributed by atoms with Gasteiger partial charge >= 0.3 is 0 Å². The first-order valence-electron chi connectivity index (χ1n) is 2.54. The molecule has 6 heteroatoms. The van der Waals surface area contributed by atoms with Crippen LogP contribution in [-0.2, 0) is 10.1 Å². The van der Waals surface area contributed by atoms with Gasteiger partial charge in [0, 0.05) is 6.42 Å². The Kier molecular flexibility index (Phi) is 2.73. The van der Waals surface area contributed by atoms with Gasteiger partial charge in [0.15, 0.2) is 0 Å². The Balaban J connectivity index is 3.79. The molecule has 62 valence electrons. The lowest BCUT2D eigenvalue weighted by Crippen LogP contribution is -2.16. The molecule has 3 nitrogen and oxygen atoms in total. The quantitative estimate of drug-likeness (QED) is 0.647. The second-order valence-electron chi connectivity index (χ2n) is 2.11. The van der Waals surface area contributed by atoms with Crippen molar-refractivity contribution in [2.75, 3.05) is 5.75 Å². The van der Waals surface area contributed by atoms with Crippen LogP contribution in [0.5, 0.6) is 0 Å². The molecule has 10 heavy (non-hydrogen) atoms. The molecule has 0 saturated heterocycles. The molecule has 0 aliphatic rings. The lowest BCUT2D eigenvalue weighted by molar-refractivity contribution is 0.0185.